The van der Waals surface area contributed by atoms with E-state index in [9.17, 15) is 32.1 Å². The highest BCUT2D eigenvalue weighted by Crippen LogP contribution is 2.38. The van der Waals surface area contributed by atoms with Crippen molar-refractivity contribution in [1.82, 2.24) is 10.3 Å². The zero-order valence-electron chi connectivity index (χ0n) is 12.6. The van der Waals surface area contributed by atoms with Gasteiger partial charge in [-0.3, -0.25) is 10.1 Å². The van der Waals surface area contributed by atoms with Gasteiger partial charge in [-0.25, -0.2) is 26.6 Å². The van der Waals surface area contributed by atoms with Crippen LogP contribution in [0.3, 0.4) is 0 Å². The Morgan fingerprint density at radius 3 is 1.80 bits per heavy atom. The molecule has 0 N–H and O–H groups in total. The summed E-state index contributed by atoms with van der Waals surface area (Å²) in [6.45, 7) is 4.00. The van der Waals surface area contributed by atoms with Crippen LogP contribution in [0.15, 0.2) is 16.8 Å². The Balaban J connectivity index is 0.00000109. The minimum atomic E-state index is -2.37. The molecule has 0 saturated carbocycles. The summed E-state index contributed by atoms with van der Waals surface area (Å²) in [6, 6.07) is 1.50. The van der Waals surface area contributed by atoms with Gasteiger partial charge in [0.05, 0.1) is 16.1 Å². The van der Waals surface area contributed by atoms with Crippen molar-refractivity contribution in [3.63, 3.8) is 0 Å². The topological polar surface area (TPSA) is 82.1 Å². The fourth-order valence-electron chi connectivity index (χ4n) is 2.01. The number of nitro groups is 1. The molecular formula is C14H8F5N3O3. The molecule has 6 nitrogen and oxygen atoms in total. The molecule has 0 radical (unpaired) electrons. The Morgan fingerprint density at radius 1 is 0.880 bits per heavy atom. The average molecular weight is 361 g/mol. The van der Waals surface area contributed by atoms with Crippen molar-refractivity contribution in [1.29, 1.82) is 0 Å². The summed E-state index contributed by atoms with van der Waals surface area (Å²) in [5.74, 6) is -11.2. The highest BCUT2D eigenvalue weighted by Gasteiger charge is 2.31. The molecule has 3 rings (SSSR count). The van der Waals surface area contributed by atoms with E-state index in [1.807, 2.05) is 13.8 Å². The number of rotatable bonds is 2. The van der Waals surface area contributed by atoms with Crippen LogP contribution in [-0.2, 0) is 0 Å². The number of halogens is 5. The van der Waals surface area contributed by atoms with Crippen molar-refractivity contribution in [2.75, 3.05) is 0 Å². The lowest BCUT2D eigenvalue weighted by molar-refractivity contribution is -0.384. The molecule has 0 saturated heterocycles. The fourth-order valence-corrected chi connectivity index (χ4v) is 2.01. The number of hydrogen-bond donors (Lipinski definition) is 0. The first-order valence-electron chi connectivity index (χ1n) is 6.75. The smallest absolute Gasteiger partial charge is 0.258 e. The van der Waals surface area contributed by atoms with Crippen molar-refractivity contribution >= 4 is 16.7 Å². The molecule has 0 aliphatic carbocycles. The number of fused-ring (bicyclic) bond motifs is 1. The Hall–Kier alpha value is -3.11. The summed E-state index contributed by atoms with van der Waals surface area (Å²) in [7, 11) is 0. The average Bonchev–Trinajstić information content (AvgIpc) is 3.07. The molecule has 0 atom stereocenters. The van der Waals surface area contributed by atoms with E-state index >= 15 is 0 Å². The van der Waals surface area contributed by atoms with E-state index in [2.05, 4.69) is 14.9 Å². The van der Waals surface area contributed by atoms with Crippen molar-refractivity contribution < 1.29 is 31.5 Å². The van der Waals surface area contributed by atoms with Crippen molar-refractivity contribution in [3.05, 3.63) is 51.3 Å². The van der Waals surface area contributed by atoms with Gasteiger partial charge in [-0.1, -0.05) is 13.8 Å². The molecule has 0 aliphatic rings. The van der Waals surface area contributed by atoms with Gasteiger partial charge in [0.2, 0.25) is 5.82 Å². The van der Waals surface area contributed by atoms with E-state index < -0.39 is 50.8 Å². The maximum absolute atomic E-state index is 13.9. The van der Waals surface area contributed by atoms with Crippen LogP contribution in [-0.4, -0.2) is 15.2 Å². The minimum absolute atomic E-state index is 0.121. The molecule has 132 valence electrons. The largest absolute Gasteiger partial charge is 0.279 e. The second-order valence-electron chi connectivity index (χ2n) is 4.32. The first kappa shape index (κ1) is 18.2. The Labute approximate surface area is 136 Å². The highest BCUT2D eigenvalue weighted by molar-refractivity contribution is 5.87. The lowest BCUT2D eigenvalue weighted by atomic mass is 10.0. The second kappa shape index (κ2) is 6.79. The van der Waals surface area contributed by atoms with E-state index in [0.29, 0.717) is 0 Å². The Kier molecular flexibility index (Phi) is 4.95. The van der Waals surface area contributed by atoms with E-state index in [1.165, 1.54) is 0 Å². The van der Waals surface area contributed by atoms with Crippen LogP contribution >= 0.6 is 0 Å². The Morgan fingerprint density at radius 2 is 1.32 bits per heavy atom. The van der Waals surface area contributed by atoms with Gasteiger partial charge >= 0.3 is 0 Å². The maximum Gasteiger partial charge on any atom is 0.279 e. The first-order valence-corrected chi connectivity index (χ1v) is 6.75. The van der Waals surface area contributed by atoms with Crippen LogP contribution in [0.2, 0.25) is 0 Å². The molecule has 0 unspecified atom stereocenters. The minimum Gasteiger partial charge on any atom is -0.258 e. The number of hydrogen-bond acceptors (Lipinski definition) is 5. The summed E-state index contributed by atoms with van der Waals surface area (Å²) < 4.78 is 71.7. The first-order chi connectivity index (χ1) is 11.8. The zero-order chi connectivity index (χ0) is 18.9. The predicted molar refractivity (Wildman–Crippen MR) is 75.0 cm³/mol. The van der Waals surface area contributed by atoms with Gasteiger partial charge in [-0.15, -0.1) is 0 Å². The van der Waals surface area contributed by atoms with Crippen LogP contribution in [0, 0.1) is 39.2 Å². The van der Waals surface area contributed by atoms with Crippen LogP contribution in [0.1, 0.15) is 13.8 Å². The third-order valence-corrected chi connectivity index (χ3v) is 3.05. The SMILES string of the molecule is CC.O=[N+]([O-])c1cc2nonc2cc1-c1c(F)c(F)c(F)c(F)c1F. The van der Waals surface area contributed by atoms with Gasteiger partial charge < -0.3 is 0 Å². The van der Waals surface area contributed by atoms with Gasteiger partial charge in [0.15, 0.2) is 23.3 Å². The lowest BCUT2D eigenvalue weighted by Gasteiger charge is -2.08. The van der Waals surface area contributed by atoms with Gasteiger partial charge in [0, 0.05) is 6.07 Å². The molecule has 25 heavy (non-hydrogen) atoms. The van der Waals surface area contributed by atoms with Gasteiger partial charge in [-0.05, 0) is 16.4 Å². The summed E-state index contributed by atoms with van der Waals surface area (Å²) >= 11 is 0. The summed E-state index contributed by atoms with van der Waals surface area (Å²) in [5.41, 5.74) is -3.47. The molecule has 2 aromatic carbocycles. The van der Waals surface area contributed by atoms with Crippen molar-refractivity contribution in [3.8, 4) is 11.1 Å². The number of benzene rings is 2. The van der Waals surface area contributed by atoms with Crippen LogP contribution < -0.4 is 0 Å². The standard InChI is InChI=1S/C12H2F5N3O3.C2H6/c13-8-7(9(14)11(16)12(17)10(8)15)3-1-4-5(19-23-18-4)2-6(3)20(21)22;1-2/h1-2H;1-2H3. The van der Waals surface area contributed by atoms with Crippen LogP contribution in [0.5, 0.6) is 0 Å². The number of nitrogens with zero attached hydrogens (tertiary/aromatic N) is 3. The molecule has 11 heteroatoms. The summed E-state index contributed by atoms with van der Waals surface area (Å²) in [6.07, 6.45) is 0. The van der Waals surface area contributed by atoms with Crippen LogP contribution in [0.4, 0.5) is 27.6 Å². The van der Waals surface area contributed by atoms with Crippen molar-refractivity contribution in [2.24, 2.45) is 0 Å². The molecular weight excluding hydrogens is 353 g/mol. The Bertz CT molecular complexity index is 945. The lowest BCUT2D eigenvalue weighted by Crippen LogP contribution is -2.05. The fraction of sp³-hybridized carbons (Fsp3) is 0.143. The maximum atomic E-state index is 13.9. The molecule has 0 bridgehead atoms. The van der Waals surface area contributed by atoms with E-state index in [-0.39, 0.29) is 11.0 Å². The normalized spacial score (nSPS) is 10.5. The predicted octanol–water partition coefficient (Wildman–Crippen LogP) is 4.52. The van der Waals surface area contributed by atoms with Gasteiger partial charge in [0.1, 0.15) is 11.0 Å². The van der Waals surface area contributed by atoms with Gasteiger partial charge in [0.25, 0.3) is 5.69 Å². The quantitative estimate of drug-likeness (QED) is 0.220. The molecule has 3 aromatic rings. The molecule has 1 aromatic heterocycles. The van der Waals surface area contributed by atoms with E-state index in [1.54, 1.807) is 0 Å². The molecule has 0 fully saturated rings. The van der Waals surface area contributed by atoms with Crippen LogP contribution in [0.25, 0.3) is 22.2 Å². The third-order valence-electron chi connectivity index (χ3n) is 3.05. The van der Waals surface area contributed by atoms with Crippen molar-refractivity contribution in [2.45, 2.75) is 13.8 Å². The zero-order valence-corrected chi connectivity index (χ0v) is 12.6. The van der Waals surface area contributed by atoms with E-state index in [4.69, 9.17) is 0 Å². The highest BCUT2D eigenvalue weighted by atomic mass is 19.2. The van der Waals surface area contributed by atoms with Gasteiger partial charge in [-0.2, -0.15) is 0 Å². The second-order valence-corrected chi connectivity index (χ2v) is 4.32. The monoisotopic (exact) mass is 361 g/mol. The van der Waals surface area contributed by atoms with E-state index in [0.717, 1.165) is 12.1 Å². The summed E-state index contributed by atoms with van der Waals surface area (Å²) in [5, 5.41) is 17.7. The molecule has 1 heterocycles. The molecule has 0 amide bonds. The summed E-state index contributed by atoms with van der Waals surface area (Å²) in [4.78, 5) is 9.99. The number of aromatic nitrogens is 2. The third kappa shape index (κ3) is 2.88. The molecule has 0 spiro atoms. The number of nitro benzene ring substituents is 1. The molecule has 0 aliphatic heterocycles.